The highest BCUT2D eigenvalue weighted by molar-refractivity contribution is 5.69. The molecular weight excluding hydrogens is 248 g/mol. The summed E-state index contributed by atoms with van der Waals surface area (Å²) in [5, 5.41) is 11.9. The molecule has 1 saturated heterocycles. The predicted molar refractivity (Wildman–Crippen MR) is 69.0 cm³/mol. The summed E-state index contributed by atoms with van der Waals surface area (Å²) >= 11 is 0. The predicted octanol–water partition coefficient (Wildman–Crippen LogP) is 2.04. The Kier molecular flexibility index (Phi) is 3.36. The fourth-order valence-electron chi connectivity index (χ4n) is 2.62. The highest BCUT2D eigenvalue weighted by Crippen LogP contribution is 2.53. The summed E-state index contributed by atoms with van der Waals surface area (Å²) in [4.78, 5) is 24.2. The summed E-state index contributed by atoms with van der Waals surface area (Å²) < 4.78 is 5.24. The van der Waals surface area contributed by atoms with E-state index in [4.69, 9.17) is 9.84 Å². The largest absolute Gasteiger partial charge is 0.465 e. The number of hydrogen-bond donors (Lipinski definition) is 2. The average Bonchev–Trinajstić information content (AvgIpc) is 2.99. The molecule has 1 saturated carbocycles. The van der Waals surface area contributed by atoms with Gasteiger partial charge in [0.25, 0.3) is 0 Å². The van der Waals surface area contributed by atoms with Crippen molar-refractivity contribution < 1.29 is 19.4 Å². The van der Waals surface area contributed by atoms with E-state index in [0.29, 0.717) is 13.1 Å². The molecule has 19 heavy (non-hydrogen) atoms. The first-order valence-electron chi connectivity index (χ1n) is 6.69. The molecule has 108 valence electrons. The molecular formula is C13H22N2O4. The Morgan fingerprint density at radius 1 is 1.32 bits per heavy atom. The number of alkyl carbamates (subject to hydrolysis) is 1. The van der Waals surface area contributed by atoms with Gasteiger partial charge in [0.05, 0.1) is 6.04 Å². The molecule has 0 aromatic heterocycles. The number of carboxylic acid groups (broad SMARTS) is 1. The topological polar surface area (TPSA) is 78.9 Å². The highest BCUT2D eigenvalue weighted by Gasteiger charge is 2.53. The Morgan fingerprint density at radius 2 is 1.95 bits per heavy atom. The van der Waals surface area contributed by atoms with Gasteiger partial charge in [0, 0.05) is 13.1 Å². The molecule has 1 atom stereocenters. The van der Waals surface area contributed by atoms with Crippen LogP contribution in [0.3, 0.4) is 0 Å². The minimum Gasteiger partial charge on any atom is -0.465 e. The van der Waals surface area contributed by atoms with Gasteiger partial charge in [-0.3, -0.25) is 0 Å². The van der Waals surface area contributed by atoms with Gasteiger partial charge in [0.2, 0.25) is 0 Å². The molecule has 1 heterocycles. The number of nitrogens with one attached hydrogen (secondary N) is 1. The smallest absolute Gasteiger partial charge is 0.407 e. The number of rotatable bonds is 1. The minimum absolute atomic E-state index is 0.100. The molecule has 6 nitrogen and oxygen atoms in total. The van der Waals surface area contributed by atoms with Crippen molar-refractivity contribution >= 4 is 12.2 Å². The van der Waals surface area contributed by atoms with Gasteiger partial charge in [0.15, 0.2) is 0 Å². The molecule has 2 fully saturated rings. The molecule has 6 heteroatoms. The Balaban J connectivity index is 1.96. The van der Waals surface area contributed by atoms with E-state index >= 15 is 0 Å². The van der Waals surface area contributed by atoms with Crippen LogP contribution in [0.15, 0.2) is 0 Å². The van der Waals surface area contributed by atoms with E-state index < -0.39 is 17.8 Å². The molecule has 1 aliphatic heterocycles. The molecule has 2 aliphatic rings. The zero-order chi connectivity index (χ0) is 14.3. The second kappa shape index (κ2) is 4.58. The van der Waals surface area contributed by atoms with Crippen molar-refractivity contribution in [3.63, 3.8) is 0 Å². The maximum Gasteiger partial charge on any atom is 0.407 e. The lowest BCUT2D eigenvalue weighted by Crippen LogP contribution is -2.55. The van der Waals surface area contributed by atoms with E-state index in [-0.39, 0.29) is 11.5 Å². The Labute approximate surface area is 113 Å². The van der Waals surface area contributed by atoms with Crippen LogP contribution in [0.1, 0.15) is 40.0 Å². The van der Waals surface area contributed by atoms with Crippen LogP contribution in [0.4, 0.5) is 9.59 Å². The van der Waals surface area contributed by atoms with Crippen molar-refractivity contribution in [2.45, 2.75) is 51.7 Å². The standard InChI is InChI=1S/C13H22N2O4/c1-12(2,3)19-10(16)14-9-8-15(11(17)18)7-6-13(9)4-5-13/h9H,4-8H2,1-3H3,(H,14,16)(H,17,18)/t9-/m1/s1. The van der Waals surface area contributed by atoms with E-state index in [1.54, 1.807) is 0 Å². The number of carbonyl (C=O) groups excluding carboxylic acids is 1. The van der Waals surface area contributed by atoms with Crippen LogP contribution in [0.2, 0.25) is 0 Å². The Bertz CT molecular complexity index is 385. The van der Waals surface area contributed by atoms with Gasteiger partial charge >= 0.3 is 12.2 Å². The summed E-state index contributed by atoms with van der Waals surface area (Å²) in [6.07, 6.45) is 1.55. The Hall–Kier alpha value is -1.46. The molecule has 2 N–H and O–H groups in total. The fraction of sp³-hybridized carbons (Fsp3) is 0.846. The molecule has 0 radical (unpaired) electrons. The average molecular weight is 270 g/mol. The first kappa shape index (κ1) is 14.0. The van der Waals surface area contributed by atoms with Crippen LogP contribution < -0.4 is 5.32 Å². The van der Waals surface area contributed by atoms with Crippen LogP contribution in [-0.2, 0) is 4.74 Å². The van der Waals surface area contributed by atoms with Gasteiger partial charge in [0.1, 0.15) is 5.60 Å². The summed E-state index contributed by atoms with van der Waals surface area (Å²) in [6.45, 7) is 6.34. The van der Waals surface area contributed by atoms with Gasteiger partial charge in [-0.15, -0.1) is 0 Å². The maximum absolute atomic E-state index is 11.8. The van der Waals surface area contributed by atoms with Crippen LogP contribution in [-0.4, -0.2) is 46.9 Å². The number of hydrogen-bond acceptors (Lipinski definition) is 3. The second-order valence-corrected chi connectivity index (χ2v) is 6.54. The van der Waals surface area contributed by atoms with Gasteiger partial charge in [-0.2, -0.15) is 0 Å². The zero-order valence-electron chi connectivity index (χ0n) is 11.7. The van der Waals surface area contributed by atoms with Gasteiger partial charge < -0.3 is 20.1 Å². The summed E-state index contributed by atoms with van der Waals surface area (Å²) in [5.74, 6) is 0. The summed E-state index contributed by atoms with van der Waals surface area (Å²) in [6, 6.07) is -0.132. The van der Waals surface area contributed by atoms with Crippen molar-refractivity contribution in [1.82, 2.24) is 10.2 Å². The van der Waals surface area contributed by atoms with Crippen molar-refractivity contribution in [3.05, 3.63) is 0 Å². The number of likely N-dealkylation sites (tertiary alicyclic amines) is 1. The molecule has 1 aliphatic carbocycles. The van der Waals surface area contributed by atoms with Crippen LogP contribution in [0.25, 0.3) is 0 Å². The van der Waals surface area contributed by atoms with Crippen molar-refractivity contribution in [1.29, 1.82) is 0 Å². The fourth-order valence-corrected chi connectivity index (χ4v) is 2.62. The molecule has 0 unspecified atom stereocenters. The number of nitrogens with zero attached hydrogens (tertiary/aromatic N) is 1. The van der Waals surface area contributed by atoms with E-state index in [1.807, 2.05) is 20.8 Å². The number of carbonyl (C=O) groups is 2. The van der Waals surface area contributed by atoms with Gasteiger partial charge in [-0.1, -0.05) is 0 Å². The lowest BCUT2D eigenvalue weighted by Gasteiger charge is -2.38. The highest BCUT2D eigenvalue weighted by atomic mass is 16.6. The van der Waals surface area contributed by atoms with Crippen LogP contribution in [0, 0.1) is 5.41 Å². The van der Waals surface area contributed by atoms with E-state index in [1.165, 1.54) is 4.90 Å². The van der Waals surface area contributed by atoms with E-state index in [9.17, 15) is 9.59 Å². The lowest BCUT2D eigenvalue weighted by molar-refractivity contribution is 0.0408. The number of ether oxygens (including phenoxy) is 1. The monoisotopic (exact) mass is 270 g/mol. The van der Waals surface area contributed by atoms with Crippen molar-refractivity contribution in [2.24, 2.45) is 5.41 Å². The third-order valence-electron chi connectivity index (χ3n) is 3.88. The van der Waals surface area contributed by atoms with Crippen LogP contribution >= 0.6 is 0 Å². The normalized spacial score (nSPS) is 25.0. The maximum atomic E-state index is 11.8. The molecule has 0 aromatic rings. The molecule has 0 bridgehead atoms. The first-order chi connectivity index (χ1) is 8.72. The minimum atomic E-state index is -0.925. The van der Waals surface area contributed by atoms with Gasteiger partial charge in [-0.25, -0.2) is 9.59 Å². The van der Waals surface area contributed by atoms with Gasteiger partial charge in [-0.05, 0) is 45.4 Å². The third-order valence-corrected chi connectivity index (χ3v) is 3.88. The second-order valence-electron chi connectivity index (χ2n) is 6.54. The van der Waals surface area contributed by atoms with E-state index in [0.717, 1.165) is 19.3 Å². The molecule has 1 spiro atoms. The Morgan fingerprint density at radius 3 is 2.42 bits per heavy atom. The third kappa shape index (κ3) is 3.30. The molecule has 2 rings (SSSR count). The lowest BCUT2D eigenvalue weighted by atomic mass is 9.88. The zero-order valence-corrected chi connectivity index (χ0v) is 11.7. The summed E-state index contributed by atoms with van der Waals surface area (Å²) in [5.41, 5.74) is -0.440. The molecule has 2 amide bonds. The quantitative estimate of drug-likeness (QED) is 0.764. The first-order valence-corrected chi connectivity index (χ1v) is 6.69. The SMILES string of the molecule is CC(C)(C)OC(=O)N[C@@H]1CN(C(=O)O)CCC12CC2. The number of piperidine rings is 1. The van der Waals surface area contributed by atoms with Crippen LogP contribution in [0.5, 0.6) is 0 Å². The summed E-state index contributed by atoms with van der Waals surface area (Å²) in [7, 11) is 0. The van der Waals surface area contributed by atoms with Crippen molar-refractivity contribution in [3.8, 4) is 0 Å². The molecule has 0 aromatic carbocycles. The van der Waals surface area contributed by atoms with Crippen molar-refractivity contribution in [2.75, 3.05) is 13.1 Å². The number of amides is 2. The van der Waals surface area contributed by atoms with E-state index in [2.05, 4.69) is 5.32 Å².